The van der Waals surface area contributed by atoms with Gasteiger partial charge in [0, 0.05) is 6.42 Å². The fraction of sp³-hybridized carbons (Fsp3) is 0.947. The summed E-state index contributed by atoms with van der Waals surface area (Å²) in [6.07, 6.45) is 37.9. The highest BCUT2D eigenvalue weighted by molar-refractivity contribution is 5.84. The lowest BCUT2D eigenvalue weighted by Gasteiger charge is -2.18. The maximum Gasteiger partial charge on any atom is 0.328 e. The van der Waals surface area contributed by atoms with E-state index in [1.165, 1.54) is 148 Å². The van der Waals surface area contributed by atoms with Gasteiger partial charge in [-0.2, -0.15) is 0 Å². The summed E-state index contributed by atoms with van der Waals surface area (Å²) in [6, 6.07) is -0.535. The van der Waals surface area contributed by atoms with Gasteiger partial charge in [-0.1, -0.05) is 174 Å². The van der Waals surface area contributed by atoms with Gasteiger partial charge >= 0.3 is 5.97 Å². The van der Waals surface area contributed by atoms with Crippen LogP contribution < -0.4 is 11.1 Å². The molecule has 0 unspecified atom stereocenters. The Balaban J connectivity index is 3.82. The molecule has 5 nitrogen and oxygen atoms in total. The van der Waals surface area contributed by atoms with E-state index in [0.717, 1.165) is 38.5 Å². The van der Waals surface area contributed by atoms with E-state index >= 15 is 0 Å². The quantitative estimate of drug-likeness (QED) is 0.0554. The number of esters is 1. The van der Waals surface area contributed by atoms with Crippen LogP contribution in [-0.2, 0) is 14.3 Å². The summed E-state index contributed by atoms with van der Waals surface area (Å²) in [7, 11) is 0. The predicted octanol–water partition coefficient (Wildman–Crippen LogP) is 11.1. The van der Waals surface area contributed by atoms with E-state index in [1.807, 2.05) is 0 Å². The second kappa shape index (κ2) is 35.4. The molecule has 0 spiro atoms. The second-order valence-corrected chi connectivity index (χ2v) is 13.2. The first-order chi connectivity index (χ1) is 21.2. The van der Waals surface area contributed by atoms with E-state index in [2.05, 4.69) is 19.2 Å². The molecule has 0 bridgehead atoms. The van der Waals surface area contributed by atoms with Crippen LogP contribution in [0.4, 0.5) is 0 Å². The van der Waals surface area contributed by atoms with Gasteiger partial charge in [-0.25, -0.2) is 4.79 Å². The zero-order chi connectivity index (χ0) is 31.5. The molecule has 1 atom stereocenters. The van der Waals surface area contributed by atoms with Crippen LogP contribution in [0.3, 0.4) is 0 Å². The van der Waals surface area contributed by atoms with E-state index < -0.39 is 6.04 Å². The smallest absolute Gasteiger partial charge is 0.328 e. The Morgan fingerprint density at radius 2 is 0.884 bits per heavy atom. The van der Waals surface area contributed by atoms with Gasteiger partial charge in [0.1, 0.15) is 6.04 Å². The van der Waals surface area contributed by atoms with Crippen LogP contribution in [-0.4, -0.2) is 31.1 Å². The highest BCUT2D eigenvalue weighted by atomic mass is 16.5. The molecule has 256 valence electrons. The molecule has 0 heterocycles. The average molecular weight is 609 g/mol. The van der Waals surface area contributed by atoms with Crippen LogP contribution >= 0.6 is 0 Å². The van der Waals surface area contributed by atoms with Crippen molar-refractivity contribution < 1.29 is 14.3 Å². The number of nitrogens with one attached hydrogen (secondary N) is 1. The van der Waals surface area contributed by atoms with Gasteiger partial charge in [0.2, 0.25) is 5.91 Å². The maximum atomic E-state index is 12.7. The lowest BCUT2D eigenvalue weighted by atomic mass is 10.0. The van der Waals surface area contributed by atoms with Gasteiger partial charge in [-0.15, -0.1) is 0 Å². The molecule has 0 aromatic carbocycles. The number of carbonyl (C=O) groups is 2. The van der Waals surface area contributed by atoms with E-state index in [1.54, 1.807) is 0 Å². The second-order valence-electron chi connectivity index (χ2n) is 13.2. The Hall–Kier alpha value is -1.10. The van der Waals surface area contributed by atoms with Gasteiger partial charge < -0.3 is 15.8 Å². The number of rotatable bonds is 35. The molecule has 0 aliphatic heterocycles. The van der Waals surface area contributed by atoms with Gasteiger partial charge in [0.25, 0.3) is 0 Å². The number of hydrogen-bond acceptors (Lipinski definition) is 4. The van der Waals surface area contributed by atoms with Gasteiger partial charge in [-0.3, -0.25) is 4.79 Å². The molecule has 43 heavy (non-hydrogen) atoms. The average Bonchev–Trinajstić information content (AvgIpc) is 3.00. The Bertz CT molecular complexity index is 584. The molecule has 0 aromatic rings. The first-order valence-corrected chi connectivity index (χ1v) is 19.3. The number of unbranched alkanes of at least 4 members (excludes halogenated alkanes) is 26. The summed E-state index contributed by atoms with van der Waals surface area (Å²) >= 11 is 0. The standard InChI is InChI=1S/C38H76N2O3/c1-3-5-7-9-11-13-15-17-19-21-23-25-27-31-35-43-38(42)36(32-29-30-34-39)40-37(41)33-28-26-24-22-20-18-16-14-12-10-8-6-4-2/h36H,3-35,39H2,1-2H3,(H,40,41)/t36-/m1/s1. The van der Waals surface area contributed by atoms with Gasteiger partial charge in [-0.05, 0) is 38.6 Å². The van der Waals surface area contributed by atoms with Crippen molar-refractivity contribution in [3.8, 4) is 0 Å². The maximum absolute atomic E-state index is 12.7. The Kier molecular flexibility index (Phi) is 34.5. The predicted molar refractivity (Wildman–Crippen MR) is 186 cm³/mol. The molecule has 0 saturated heterocycles. The number of nitrogens with two attached hydrogens (primary N) is 1. The lowest BCUT2D eigenvalue weighted by molar-refractivity contribution is -0.148. The number of carbonyl (C=O) groups excluding carboxylic acids is 2. The molecule has 0 aliphatic carbocycles. The van der Waals surface area contributed by atoms with Crippen molar-refractivity contribution >= 4 is 11.9 Å². The molecule has 0 radical (unpaired) electrons. The van der Waals surface area contributed by atoms with Crippen LogP contribution in [0.5, 0.6) is 0 Å². The molecular weight excluding hydrogens is 532 g/mol. The fourth-order valence-electron chi connectivity index (χ4n) is 5.88. The van der Waals surface area contributed by atoms with E-state index in [-0.39, 0.29) is 11.9 Å². The van der Waals surface area contributed by atoms with Crippen LogP contribution in [0.2, 0.25) is 0 Å². The minimum Gasteiger partial charge on any atom is -0.464 e. The lowest BCUT2D eigenvalue weighted by Crippen LogP contribution is -2.42. The van der Waals surface area contributed by atoms with Crippen molar-refractivity contribution in [2.75, 3.05) is 13.2 Å². The monoisotopic (exact) mass is 609 g/mol. The largest absolute Gasteiger partial charge is 0.464 e. The summed E-state index contributed by atoms with van der Waals surface area (Å²) in [6.45, 7) is 5.61. The van der Waals surface area contributed by atoms with Crippen LogP contribution in [0.15, 0.2) is 0 Å². The van der Waals surface area contributed by atoms with Crippen molar-refractivity contribution in [3.05, 3.63) is 0 Å². The highest BCUT2D eigenvalue weighted by Crippen LogP contribution is 2.15. The number of ether oxygens (including phenoxy) is 1. The fourth-order valence-corrected chi connectivity index (χ4v) is 5.88. The summed E-state index contributed by atoms with van der Waals surface area (Å²) in [5.74, 6) is -0.292. The molecule has 0 saturated carbocycles. The molecule has 0 rings (SSSR count). The molecule has 5 heteroatoms. The van der Waals surface area contributed by atoms with Gasteiger partial charge in [0.15, 0.2) is 0 Å². The molecular formula is C38H76N2O3. The topological polar surface area (TPSA) is 81.4 Å². The third kappa shape index (κ3) is 32.1. The number of hydrogen-bond donors (Lipinski definition) is 2. The van der Waals surface area contributed by atoms with Crippen molar-refractivity contribution in [1.29, 1.82) is 0 Å². The van der Waals surface area contributed by atoms with Crippen LogP contribution in [0.1, 0.15) is 213 Å². The Labute approximate surface area is 269 Å². The SMILES string of the molecule is CCCCCCCCCCCCCCCCOC(=O)[C@@H](CCCCN)NC(=O)CCCCCCCCCCCCCCC. The molecule has 3 N–H and O–H groups in total. The van der Waals surface area contributed by atoms with E-state index in [0.29, 0.717) is 26.0 Å². The summed E-state index contributed by atoms with van der Waals surface area (Å²) in [5.41, 5.74) is 5.65. The minimum atomic E-state index is -0.535. The Morgan fingerprint density at radius 3 is 1.28 bits per heavy atom. The zero-order valence-corrected chi connectivity index (χ0v) is 29.2. The van der Waals surface area contributed by atoms with Crippen LogP contribution in [0.25, 0.3) is 0 Å². The van der Waals surface area contributed by atoms with Crippen LogP contribution in [0, 0.1) is 0 Å². The van der Waals surface area contributed by atoms with Crippen molar-refractivity contribution in [2.24, 2.45) is 5.73 Å². The third-order valence-electron chi connectivity index (χ3n) is 8.82. The summed E-state index contributed by atoms with van der Waals surface area (Å²) in [5, 5.41) is 2.97. The normalized spacial score (nSPS) is 12.0. The Morgan fingerprint density at radius 1 is 0.512 bits per heavy atom. The molecule has 0 aliphatic rings. The van der Waals surface area contributed by atoms with Crippen molar-refractivity contribution in [3.63, 3.8) is 0 Å². The van der Waals surface area contributed by atoms with E-state index in [9.17, 15) is 9.59 Å². The number of amides is 1. The molecule has 1 amide bonds. The molecule has 0 fully saturated rings. The zero-order valence-electron chi connectivity index (χ0n) is 29.2. The van der Waals surface area contributed by atoms with Gasteiger partial charge in [0.05, 0.1) is 6.61 Å². The first-order valence-electron chi connectivity index (χ1n) is 19.3. The first kappa shape index (κ1) is 41.9. The van der Waals surface area contributed by atoms with Crippen molar-refractivity contribution in [1.82, 2.24) is 5.32 Å². The minimum absolute atomic E-state index is 0.0192. The highest BCUT2D eigenvalue weighted by Gasteiger charge is 2.21. The van der Waals surface area contributed by atoms with E-state index in [4.69, 9.17) is 10.5 Å². The summed E-state index contributed by atoms with van der Waals surface area (Å²) < 4.78 is 5.58. The molecule has 0 aromatic heterocycles. The summed E-state index contributed by atoms with van der Waals surface area (Å²) in [4.78, 5) is 25.3. The van der Waals surface area contributed by atoms with Crippen molar-refractivity contribution in [2.45, 2.75) is 219 Å². The third-order valence-corrected chi connectivity index (χ3v) is 8.82.